The summed E-state index contributed by atoms with van der Waals surface area (Å²) >= 11 is 11.8. The molecule has 142 valence electrons. The van der Waals surface area contributed by atoms with Crippen LogP contribution in [0.1, 0.15) is 12.8 Å². The van der Waals surface area contributed by atoms with Gasteiger partial charge in [0.05, 0.1) is 15.7 Å². The van der Waals surface area contributed by atoms with Crippen LogP contribution in [-0.4, -0.2) is 43.5 Å². The molecule has 3 N–H and O–H groups in total. The Bertz CT molecular complexity index is 712. The number of imide groups is 1. The van der Waals surface area contributed by atoms with Gasteiger partial charge in [-0.25, -0.2) is 9.69 Å². The van der Waals surface area contributed by atoms with Gasteiger partial charge in [0.2, 0.25) is 5.91 Å². The molecule has 0 bridgehead atoms. The standard InChI is InChI=1S/C16H18Cl2N4O3.ClH/c17-11-2-1-10(5-12(11)18)22-15(24)13(21-16(22)25)3-4-14(23)20-8-9-6-19-7-9;/h1-2,5,9,13,19H,3-4,6-8H2,(H,20,23)(H,21,25);1H. The SMILES string of the molecule is Cl.O=C(CCC1NC(=O)N(c2ccc(Cl)c(Cl)c2)C1=O)NCC1CNC1. The average Bonchev–Trinajstić information content (AvgIpc) is 2.81. The molecule has 2 heterocycles. The predicted octanol–water partition coefficient (Wildman–Crippen LogP) is 1.96. The highest BCUT2D eigenvalue weighted by Crippen LogP contribution is 2.29. The van der Waals surface area contributed by atoms with Crippen LogP contribution in [0.4, 0.5) is 10.5 Å². The van der Waals surface area contributed by atoms with E-state index in [4.69, 9.17) is 23.2 Å². The summed E-state index contributed by atoms with van der Waals surface area (Å²) in [6, 6.07) is 3.28. The van der Waals surface area contributed by atoms with Crippen molar-refractivity contribution in [2.24, 2.45) is 5.92 Å². The van der Waals surface area contributed by atoms with Crippen molar-refractivity contribution in [3.05, 3.63) is 28.2 Å². The predicted molar refractivity (Wildman–Crippen MR) is 102 cm³/mol. The second kappa shape index (κ2) is 8.90. The van der Waals surface area contributed by atoms with Gasteiger partial charge in [-0.3, -0.25) is 9.59 Å². The molecule has 1 unspecified atom stereocenters. The maximum absolute atomic E-state index is 12.5. The second-order valence-corrected chi connectivity index (χ2v) is 6.96. The molecule has 26 heavy (non-hydrogen) atoms. The Labute approximate surface area is 167 Å². The number of hydrogen-bond donors (Lipinski definition) is 3. The third-order valence-electron chi connectivity index (χ3n) is 4.29. The first-order valence-electron chi connectivity index (χ1n) is 8.02. The number of hydrogen-bond acceptors (Lipinski definition) is 4. The highest BCUT2D eigenvalue weighted by Gasteiger charge is 2.39. The van der Waals surface area contributed by atoms with E-state index in [0.29, 0.717) is 23.2 Å². The molecule has 0 aliphatic carbocycles. The van der Waals surface area contributed by atoms with Crippen LogP contribution in [0.3, 0.4) is 0 Å². The van der Waals surface area contributed by atoms with Gasteiger partial charge >= 0.3 is 6.03 Å². The lowest BCUT2D eigenvalue weighted by molar-refractivity contribution is -0.122. The number of nitrogens with one attached hydrogen (secondary N) is 3. The molecule has 4 amide bonds. The third kappa shape index (κ3) is 4.59. The molecule has 3 rings (SSSR count). The molecule has 1 aromatic rings. The van der Waals surface area contributed by atoms with E-state index < -0.39 is 18.0 Å². The summed E-state index contributed by atoms with van der Waals surface area (Å²) in [5, 5.41) is 9.17. The van der Waals surface area contributed by atoms with Gasteiger partial charge in [0.1, 0.15) is 6.04 Å². The zero-order valence-electron chi connectivity index (χ0n) is 13.8. The number of carbonyl (C=O) groups excluding carboxylic acids is 3. The zero-order chi connectivity index (χ0) is 18.0. The first-order chi connectivity index (χ1) is 12.0. The Balaban J connectivity index is 0.00000243. The number of rotatable bonds is 6. The van der Waals surface area contributed by atoms with E-state index in [9.17, 15) is 14.4 Å². The van der Waals surface area contributed by atoms with E-state index in [0.717, 1.165) is 18.0 Å². The van der Waals surface area contributed by atoms with Crippen LogP contribution in [0, 0.1) is 5.92 Å². The summed E-state index contributed by atoms with van der Waals surface area (Å²) in [4.78, 5) is 37.5. The number of halogens is 3. The molecule has 2 aliphatic heterocycles. The number of nitrogens with zero attached hydrogens (tertiary/aromatic N) is 1. The Morgan fingerprint density at radius 1 is 1.23 bits per heavy atom. The average molecular weight is 422 g/mol. The minimum Gasteiger partial charge on any atom is -0.356 e. The van der Waals surface area contributed by atoms with Gasteiger partial charge in [-0.1, -0.05) is 23.2 Å². The van der Waals surface area contributed by atoms with Crippen molar-refractivity contribution in [2.45, 2.75) is 18.9 Å². The van der Waals surface area contributed by atoms with Gasteiger partial charge in [-0.2, -0.15) is 0 Å². The van der Waals surface area contributed by atoms with Crippen molar-refractivity contribution >= 4 is 59.1 Å². The summed E-state index contributed by atoms with van der Waals surface area (Å²) in [6.07, 6.45) is 0.420. The second-order valence-electron chi connectivity index (χ2n) is 6.14. The van der Waals surface area contributed by atoms with Gasteiger partial charge in [-0.05, 0) is 24.6 Å². The van der Waals surface area contributed by atoms with Crippen molar-refractivity contribution in [1.29, 1.82) is 0 Å². The lowest BCUT2D eigenvalue weighted by Crippen LogP contribution is -2.48. The van der Waals surface area contributed by atoms with Crippen LogP contribution in [0.5, 0.6) is 0 Å². The maximum Gasteiger partial charge on any atom is 0.329 e. The summed E-state index contributed by atoms with van der Waals surface area (Å²) in [5.41, 5.74) is 0.348. The largest absolute Gasteiger partial charge is 0.356 e. The molecule has 0 saturated carbocycles. The zero-order valence-corrected chi connectivity index (χ0v) is 16.1. The van der Waals surface area contributed by atoms with Crippen LogP contribution >= 0.6 is 35.6 Å². The van der Waals surface area contributed by atoms with E-state index in [1.807, 2.05) is 0 Å². The van der Waals surface area contributed by atoms with Crippen molar-refractivity contribution in [3.63, 3.8) is 0 Å². The molecule has 2 fully saturated rings. The molecular formula is C16H19Cl3N4O3. The van der Waals surface area contributed by atoms with Crippen LogP contribution in [-0.2, 0) is 9.59 Å². The van der Waals surface area contributed by atoms with E-state index in [-0.39, 0.29) is 36.2 Å². The van der Waals surface area contributed by atoms with Gasteiger partial charge in [0.25, 0.3) is 5.91 Å². The van der Waals surface area contributed by atoms with Gasteiger partial charge in [0.15, 0.2) is 0 Å². The van der Waals surface area contributed by atoms with Crippen molar-refractivity contribution < 1.29 is 14.4 Å². The highest BCUT2D eigenvalue weighted by atomic mass is 35.5. The molecule has 7 nitrogen and oxygen atoms in total. The van der Waals surface area contributed by atoms with E-state index in [1.54, 1.807) is 6.07 Å². The van der Waals surface area contributed by atoms with Gasteiger partial charge in [0, 0.05) is 32.0 Å². The first kappa shape index (κ1) is 20.8. The van der Waals surface area contributed by atoms with Crippen LogP contribution in [0.15, 0.2) is 18.2 Å². The quantitative estimate of drug-likeness (QED) is 0.612. The molecule has 10 heteroatoms. The molecule has 0 aromatic heterocycles. The smallest absolute Gasteiger partial charge is 0.329 e. The fourth-order valence-electron chi connectivity index (χ4n) is 2.71. The van der Waals surface area contributed by atoms with Crippen molar-refractivity contribution in [1.82, 2.24) is 16.0 Å². The molecule has 0 spiro atoms. The molecular weight excluding hydrogens is 403 g/mol. The van der Waals surface area contributed by atoms with Gasteiger partial charge in [-0.15, -0.1) is 12.4 Å². The van der Waals surface area contributed by atoms with E-state index in [2.05, 4.69) is 16.0 Å². The van der Waals surface area contributed by atoms with Crippen molar-refractivity contribution in [3.8, 4) is 0 Å². The minimum absolute atomic E-state index is 0. The lowest BCUT2D eigenvalue weighted by Gasteiger charge is -2.27. The lowest BCUT2D eigenvalue weighted by atomic mass is 10.0. The highest BCUT2D eigenvalue weighted by molar-refractivity contribution is 6.42. The Kier molecular flexibility index (Phi) is 7.11. The normalized spacial score (nSPS) is 19.6. The monoisotopic (exact) mass is 420 g/mol. The first-order valence-corrected chi connectivity index (χ1v) is 8.78. The molecule has 2 saturated heterocycles. The van der Waals surface area contributed by atoms with E-state index in [1.165, 1.54) is 12.1 Å². The summed E-state index contributed by atoms with van der Waals surface area (Å²) in [6.45, 7) is 2.46. The fraction of sp³-hybridized carbons (Fsp3) is 0.438. The minimum atomic E-state index is -0.724. The number of carbonyl (C=O) groups is 3. The Hall–Kier alpha value is -1.54. The fourth-order valence-corrected chi connectivity index (χ4v) is 3.00. The third-order valence-corrected chi connectivity index (χ3v) is 5.03. The van der Waals surface area contributed by atoms with Crippen LogP contribution in [0.2, 0.25) is 10.0 Å². The Morgan fingerprint density at radius 3 is 2.58 bits per heavy atom. The summed E-state index contributed by atoms with van der Waals surface area (Å²) in [5.74, 6) is -0.0526. The molecule has 1 atom stereocenters. The molecule has 1 aromatic carbocycles. The number of amides is 4. The van der Waals surface area contributed by atoms with Gasteiger partial charge < -0.3 is 16.0 Å². The molecule has 2 aliphatic rings. The number of benzene rings is 1. The van der Waals surface area contributed by atoms with E-state index >= 15 is 0 Å². The van der Waals surface area contributed by atoms with Crippen molar-refractivity contribution in [2.75, 3.05) is 24.5 Å². The topological polar surface area (TPSA) is 90.5 Å². The van der Waals surface area contributed by atoms with Crippen LogP contribution < -0.4 is 20.9 Å². The molecule has 0 radical (unpaired) electrons. The number of urea groups is 1. The summed E-state index contributed by atoms with van der Waals surface area (Å²) < 4.78 is 0. The van der Waals surface area contributed by atoms with Crippen LogP contribution in [0.25, 0.3) is 0 Å². The Morgan fingerprint density at radius 2 is 1.96 bits per heavy atom. The number of anilines is 1. The summed E-state index contributed by atoms with van der Waals surface area (Å²) in [7, 11) is 0. The maximum atomic E-state index is 12.5.